The average Bonchev–Trinajstić information content (AvgIpc) is 3.23. The average molecular weight is 367 g/mol. The quantitative estimate of drug-likeness (QED) is 0.429. The molecule has 0 fully saturated rings. The van der Waals surface area contributed by atoms with Gasteiger partial charge in [-0.05, 0) is 18.6 Å². The van der Waals surface area contributed by atoms with Crippen molar-refractivity contribution in [2.24, 2.45) is 0 Å². The lowest BCUT2D eigenvalue weighted by molar-refractivity contribution is -0.00636. The van der Waals surface area contributed by atoms with E-state index in [2.05, 4.69) is 17.3 Å². The largest absolute Gasteiger partial charge is 0.458 e. The highest BCUT2D eigenvalue weighted by Gasteiger charge is 2.28. The fraction of sp³-hybridized carbons (Fsp3) is 0.650. The Morgan fingerprint density at radius 2 is 1.77 bits per heavy atom. The molecule has 0 unspecified atom stereocenters. The number of unbranched alkanes of at least 4 members (excludes halogenated alkanes) is 7. The summed E-state index contributed by atoms with van der Waals surface area (Å²) in [6.45, 7) is 4.34. The fourth-order valence-electron chi connectivity index (χ4n) is 2.89. The van der Waals surface area contributed by atoms with Crippen molar-refractivity contribution in [3.63, 3.8) is 0 Å². The summed E-state index contributed by atoms with van der Waals surface area (Å²) in [7, 11) is 0. The van der Waals surface area contributed by atoms with Crippen molar-refractivity contribution in [1.82, 2.24) is 9.78 Å². The molecule has 0 spiro atoms. The van der Waals surface area contributed by atoms with E-state index in [0.29, 0.717) is 12.3 Å². The highest BCUT2D eigenvalue weighted by Crippen LogP contribution is 2.28. The van der Waals surface area contributed by atoms with E-state index in [9.17, 15) is 8.78 Å². The van der Waals surface area contributed by atoms with Crippen molar-refractivity contribution in [1.29, 1.82) is 0 Å². The Morgan fingerprint density at radius 3 is 2.42 bits per heavy atom. The molecule has 0 aromatic carbocycles. The molecule has 6 heteroatoms. The number of hydrogen-bond donors (Lipinski definition) is 1. The van der Waals surface area contributed by atoms with E-state index in [0.717, 1.165) is 25.6 Å². The van der Waals surface area contributed by atoms with Crippen LogP contribution in [0.4, 0.5) is 14.5 Å². The van der Waals surface area contributed by atoms with Gasteiger partial charge in [-0.1, -0.05) is 51.9 Å². The highest BCUT2D eigenvalue weighted by molar-refractivity contribution is 5.38. The molecule has 26 heavy (non-hydrogen) atoms. The maximum absolute atomic E-state index is 13.2. The Bertz CT molecular complexity index is 631. The Labute approximate surface area is 155 Å². The van der Waals surface area contributed by atoms with Crippen molar-refractivity contribution in [2.45, 2.75) is 77.7 Å². The van der Waals surface area contributed by atoms with Crippen LogP contribution in [0, 0.1) is 0 Å². The maximum atomic E-state index is 13.2. The molecule has 1 N–H and O–H groups in total. The van der Waals surface area contributed by atoms with E-state index < -0.39 is 5.92 Å². The van der Waals surface area contributed by atoms with Gasteiger partial charge in [0.2, 0.25) is 0 Å². The van der Waals surface area contributed by atoms with Crippen LogP contribution < -0.4 is 5.32 Å². The molecule has 0 atom stereocenters. The molecule has 0 aliphatic heterocycles. The molecule has 0 radical (unpaired) electrons. The molecule has 0 amide bonds. The normalized spacial score (nSPS) is 11.8. The predicted molar refractivity (Wildman–Crippen MR) is 101 cm³/mol. The number of anilines is 1. The number of hydrogen-bond acceptors (Lipinski definition) is 3. The van der Waals surface area contributed by atoms with Crippen LogP contribution in [-0.4, -0.2) is 16.3 Å². The third-order valence-corrected chi connectivity index (χ3v) is 4.40. The summed E-state index contributed by atoms with van der Waals surface area (Å²) < 4.78 is 33.3. The van der Waals surface area contributed by atoms with Crippen LogP contribution in [0.3, 0.4) is 0 Å². The van der Waals surface area contributed by atoms with Gasteiger partial charge in [-0.15, -0.1) is 0 Å². The number of rotatable bonds is 13. The standard InChI is InChI=1S/C20H31F2N3O/c1-3-4-5-6-7-8-9-10-13-23-17-14-24-25(15-17)16-18-11-12-19(26-18)20(2,21)22/h11-12,14-15,23H,3-10,13,16H2,1-2H3. The molecule has 146 valence electrons. The number of furan rings is 1. The van der Waals surface area contributed by atoms with E-state index in [1.54, 1.807) is 16.9 Å². The zero-order chi connectivity index (χ0) is 18.8. The first-order valence-corrected chi connectivity index (χ1v) is 9.72. The van der Waals surface area contributed by atoms with Gasteiger partial charge in [0.15, 0.2) is 5.76 Å². The first-order chi connectivity index (χ1) is 12.5. The van der Waals surface area contributed by atoms with Crippen LogP contribution in [0.2, 0.25) is 0 Å². The molecule has 0 aliphatic rings. The van der Waals surface area contributed by atoms with Gasteiger partial charge in [0.25, 0.3) is 0 Å². The molecule has 0 saturated carbocycles. The lowest BCUT2D eigenvalue weighted by atomic mass is 10.1. The summed E-state index contributed by atoms with van der Waals surface area (Å²) in [5.41, 5.74) is 0.945. The summed E-state index contributed by atoms with van der Waals surface area (Å²) in [5, 5.41) is 7.60. The molecular formula is C20H31F2N3O. The molecule has 2 rings (SSSR count). The molecule has 4 nitrogen and oxygen atoms in total. The smallest absolute Gasteiger partial charge is 0.301 e. The van der Waals surface area contributed by atoms with Gasteiger partial charge in [0, 0.05) is 19.7 Å². The summed E-state index contributed by atoms with van der Waals surface area (Å²) in [6.07, 6.45) is 14.0. The number of aromatic nitrogens is 2. The number of alkyl halides is 2. The van der Waals surface area contributed by atoms with Gasteiger partial charge >= 0.3 is 5.92 Å². The third-order valence-electron chi connectivity index (χ3n) is 4.40. The van der Waals surface area contributed by atoms with Gasteiger partial charge in [-0.3, -0.25) is 4.68 Å². The maximum Gasteiger partial charge on any atom is 0.301 e. The first-order valence-electron chi connectivity index (χ1n) is 9.72. The molecule has 0 aliphatic carbocycles. The number of nitrogens with one attached hydrogen (secondary N) is 1. The van der Waals surface area contributed by atoms with E-state index >= 15 is 0 Å². The molecule has 0 saturated heterocycles. The lowest BCUT2D eigenvalue weighted by Gasteiger charge is -2.05. The van der Waals surface area contributed by atoms with Gasteiger partial charge < -0.3 is 9.73 Å². The lowest BCUT2D eigenvalue weighted by Crippen LogP contribution is -2.05. The monoisotopic (exact) mass is 367 g/mol. The molecular weight excluding hydrogens is 336 g/mol. The van der Waals surface area contributed by atoms with Crippen molar-refractivity contribution in [3.05, 3.63) is 36.0 Å². The van der Waals surface area contributed by atoms with Gasteiger partial charge in [0.1, 0.15) is 5.76 Å². The Hall–Kier alpha value is -1.85. The summed E-state index contributed by atoms with van der Waals surface area (Å²) >= 11 is 0. The Morgan fingerprint density at radius 1 is 1.08 bits per heavy atom. The van der Waals surface area contributed by atoms with Crippen LogP contribution in [0.5, 0.6) is 0 Å². The molecule has 0 bridgehead atoms. The number of halogens is 2. The molecule has 2 aromatic rings. The zero-order valence-corrected chi connectivity index (χ0v) is 15.9. The molecule has 2 heterocycles. The first kappa shape index (κ1) is 20.5. The third kappa shape index (κ3) is 7.18. The second-order valence-corrected chi connectivity index (χ2v) is 6.98. The minimum absolute atomic E-state index is 0.312. The van der Waals surface area contributed by atoms with Crippen LogP contribution in [0.1, 0.15) is 76.7 Å². The number of nitrogens with zero attached hydrogens (tertiary/aromatic N) is 2. The minimum Gasteiger partial charge on any atom is -0.458 e. The van der Waals surface area contributed by atoms with Gasteiger partial charge in [-0.2, -0.15) is 13.9 Å². The van der Waals surface area contributed by atoms with Crippen molar-refractivity contribution < 1.29 is 13.2 Å². The second-order valence-electron chi connectivity index (χ2n) is 6.98. The Balaban J connectivity index is 1.63. The molecule has 2 aromatic heterocycles. The van der Waals surface area contributed by atoms with Crippen LogP contribution in [0.25, 0.3) is 0 Å². The summed E-state index contributed by atoms with van der Waals surface area (Å²) in [6, 6.07) is 2.89. The highest BCUT2D eigenvalue weighted by atomic mass is 19.3. The van der Waals surface area contributed by atoms with E-state index in [1.165, 1.54) is 51.0 Å². The van der Waals surface area contributed by atoms with Crippen LogP contribution in [-0.2, 0) is 12.5 Å². The predicted octanol–water partition coefficient (Wildman–Crippen LogP) is 6.19. The van der Waals surface area contributed by atoms with Crippen LogP contribution in [0.15, 0.2) is 28.9 Å². The zero-order valence-electron chi connectivity index (χ0n) is 15.9. The van der Waals surface area contributed by atoms with Crippen molar-refractivity contribution in [2.75, 3.05) is 11.9 Å². The van der Waals surface area contributed by atoms with E-state index in [-0.39, 0.29) is 5.76 Å². The van der Waals surface area contributed by atoms with Gasteiger partial charge in [-0.25, -0.2) is 0 Å². The second kappa shape index (κ2) is 10.3. The minimum atomic E-state index is -2.95. The SMILES string of the molecule is CCCCCCCCCCNc1cnn(Cc2ccc(C(C)(F)F)o2)c1. The summed E-state index contributed by atoms with van der Waals surface area (Å²) in [5.74, 6) is -2.79. The van der Waals surface area contributed by atoms with Gasteiger partial charge in [0.05, 0.1) is 18.4 Å². The van der Waals surface area contributed by atoms with Crippen molar-refractivity contribution in [3.8, 4) is 0 Å². The summed E-state index contributed by atoms with van der Waals surface area (Å²) in [4.78, 5) is 0. The van der Waals surface area contributed by atoms with Crippen LogP contribution >= 0.6 is 0 Å². The van der Waals surface area contributed by atoms with E-state index in [1.807, 2.05) is 6.20 Å². The van der Waals surface area contributed by atoms with E-state index in [4.69, 9.17) is 4.42 Å². The van der Waals surface area contributed by atoms with Crippen molar-refractivity contribution >= 4 is 5.69 Å². The topological polar surface area (TPSA) is 43.0 Å². The fourth-order valence-corrected chi connectivity index (χ4v) is 2.89. The Kier molecular flexibility index (Phi) is 8.13.